The Morgan fingerprint density at radius 3 is 1.73 bits per heavy atom. The summed E-state index contributed by atoms with van der Waals surface area (Å²) in [6.07, 6.45) is 1.61. The maximum Gasteiger partial charge on any atom is 0.219 e. The molecule has 0 atom stereocenters. The van der Waals surface area contributed by atoms with E-state index in [2.05, 4.69) is 0 Å². The Kier molecular flexibility index (Phi) is 5.55. The molecule has 0 aromatic carbocycles. The van der Waals surface area contributed by atoms with Crippen LogP contribution in [-0.4, -0.2) is 29.7 Å². The average molecular weight is 213 g/mol. The molecule has 3 nitrogen and oxygen atoms in total. The summed E-state index contributed by atoms with van der Waals surface area (Å²) in [5.41, 5.74) is -0.189. The van der Waals surface area contributed by atoms with Crippen molar-refractivity contribution in [3.05, 3.63) is 0 Å². The molecule has 0 aromatic rings. The van der Waals surface area contributed by atoms with E-state index in [1.54, 1.807) is 13.8 Å². The highest BCUT2D eigenvalue weighted by Gasteiger charge is 2.34. The third-order valence-corrected chi connectivity index (χ3v) is 3.16. The van der Waals surface area contributed by atoms with E-state index in [0.717, 1.165) is 25.9 Å². The molecule has 0 radical (unpaired) electrons. The van der Waals surface area contributed by atoms with Crippen LogP contribution in [0, 0.1) is 5.41 Å². The molecule has 0 N–H and O–H groups in total. The molecular weight excluding hydrogens is 190 g/mol. The van der Waals surface area contributed by atoms with E-state index in [-0.39, 0.29) is 17.1 Å². The van der Waals surface area contributed by atoms with Crippen molar-refractivity contribution in [3.8, 4) is 0 Å². The lowest BCUT2D eigenvalue weighted by atomic mass is 9.77. The van der Waals surface area contributed by atoms with Gasteiger partial charge in [-0.05, 0) is 19.8 Å². The average Bonchev–Trinajstić information content (AvgIpc) is 2.21. The fourth-order valence-corrected chi connectivity index (χ4v) is 1.67. The van der Waals surface area contributed by atoms with E-state index in [0.29, 0.717) is 0 Å². The second-order valence-corrected chi connectivity index (χ2v) is 4.12. The number of likely N-dealkylation sites (tertiary alicyclic amines) is 1. The zero-order chi connectivity index (χ0) is 12.1. The normalized spacial score (nSPS) is 18.9. The first-order valence-electron chi connectivity index (χ1n) is 5.72. The van der Waals surface area contributed by atoms with Crippen molar-refractivity contribution in [1.82, 2.24) is 4.90 Å². The Morgan fingerprint density at radius 1 is 1.07 bits per heavy atom. The lowest BCUT2D eigenvalue weighted by Gasteiger charge is -2.37. The molecule has 15 heavy (non-hydrogen) atoms. The number of hydrogen-bond donors (Lipinski definition) is 0. The molecule has 0 spiro atoms. The van der Waals surface area contributed by atoms with Gasteiger partial charge >= 0.3 is 0 Å². The number of carbonyl (C=O) groups excluding carboxylic acids is 2. The van der Waals surface area contributed by atoms with Crippen LogP contribution in [0.4, 0.5) is 0 Å². The predicted octanol–water partition coefficient (Wildman–Crippen LogP) is 2.25. The highest BCUT2D eigenvalue weighted by Crippen LogP contribution is 2.31. The number of piperidine rings is 1. The van der Waals surface area contributed by atoms with Crippen LogP contribution >= 0.6 is 0 Å². The van der Waals surface area contributed by atoms with Gasteiger partial charge in [0, 0.05) is 25.4 Å². The summed E-state index contributed by atoms with van der Waals surface area (Å²) >= 11 is 0. The van der Waals surface area contributed by atoms with Crippen LogP contribution in [0.5, 0.6) is 0 Å². The van der Waals surface area contributed by atoms with Crippen LogP contribution in [0.2, 0.25) is 0 Å². The van der Waals surface area contributed by atoms with E-state index < -0.39 is 0 Å². The number of hydrogen-bond acceptors (Lipinski definition) is 2. The summed E-state index contributed by atoms with van der Waals surface area (Å²) < 4.78 is 0. The van der Waals surface area contributed by atoms with Gasteiger partial charge in [-0.2, -0.15) is 0 Å². The molecule has 0 aromatic heterocycles. The minimum absolute atomic E-state index is 0.116. The first-order chi connectivity index (χ1) is 6.96. The van der Waals surface area contributed by atoms with Crippen molar-refractivity contribution in [2.75, 3.05) is 13.1 Å². The van der Waals surface area contributed by atoms with Gasteiger partial charge in [0.2, 0.25) is 5.91 Å². The van der Waals surface area contributed by atoms with Gasteiger partial charge in [0.05, 0.1) is 0 Å². The first kappa shape index (κ1) is 14.1. The van der Waals surface area contributed by atoms with E-state index >= 15 is 0 Å². The Morgan fingerprint density at radius 2 is 1.47 bits per heavy atom. The molecule has 3 heteroatoms. The molecule has 0 bridgehead atoms. The minimum Gasteiger partial charge on any atom is -0.343 e. The van der Waals surface area contributed by atoms with Crippen LogP contribution < -0.4 is 0 Å². The van der Waals surface area contributed by atoms with Gasteiger partial charge in [-0.15, -0.1) is 0 Å². The number of ketones is 1. The molecule has 0 aliphatic carbocycles. The number of amides is 1. The number of Topliss-reactive ketones (excluding diaryl/α,β-unsaturated/α-hetero) is 1. The molecule has 1 saturated heterocycles. The summed E-state index contributed by atoms with van der Waals surface area (Å²) in [6.45, 7) is 10.7. The monoisotopic (exact) mass is 213 g/mol. The molecular formula is C12H23NO2. The van der Waals surface area contributed by atoms with Crippen molar-refractivity contribution in [2.24, 2.45) is 5.41 Å². The van der Waals surface area contributed by atoms with Crippen molar-refractivity contribution < 1.29 is 9.59 Å². The lowest BCUT2D eigenvalue weighted by Crippen LogP contribution is -2.43. The highest BCUT2D eigenvalue weighted by molar-refractivity contribution is 5.82. The third kappa shape index (κ3) is 3.65. The maximum absolute atomic E-state index is 11.3. The van der Waals surface area contributed by atoms with E-state index in [1.165, 1.54) is 0 Å². The maximum atomic E-state index is 11.3. The first-order valence-corrected chi connectivity index (χ1v) is 5.72. The van der Waals surface area contributed by atoms with Gasteiger partial charge in [0.15, 0.2) is 0 Å². The summed E-state index contributed by atoms with van der Waals surface area (Å²) in [7, 11) is 0. The number of nitrogens with zero attached hydrogens (tertiary/aromatic N) is 1. The Hall–Kier alpha value is -0.860. The summed E-state index contributed by atoms with van der Waals surface area (Å²) in [5, 5.41) is 0. The largest absolute Gasteiger partial charge is 0.343 e. The number of carbonyl (C=O) groups is 2. The van der Waals surface area contributed by atoms with Gasteiger partial charge in [-0.3, -0.25) is 9.59 Å². The second kappa shape index (κ2) is 5.89. The smallest absolute Gasteiger partial charge is 0.219 e. The predicted molar refractivity (Wildman–Crippen MR) is 61.6 cm³/mol. The quantitative estimate of drug-likeness (QED) is 0.670. The van der Waals surface area contributed by atoms with E-state index in [4.69, 9.17) is 0 Å². The molecule has 0 saturated carbocycles. The van der Waals surface area contributed by atoms with Crippen molar-refractivity contribution in [3.63, 3.8) is 0 Å². The molecule has 1 rings (SSSR count). The summed E-state index contributed by atoms with van der Waals surface area (Å²) in [6, 6.07) is 0. The SMILES string of the molecule is CC.CC(=O)N1CCC(C)(C(C)=O)CC1. The highest BCUT2D eigenvalue weighted by atomic mass is 16.2. The molecule has 1 aliphatic heterocycles. The van der Waals surface area contributed by atoms with Gasteiger partial charge in [0.1, 0.15) is 5.78 Å². The summed E-state index contributed by atoms with van der Waals surface area (Å²) in [5.74, 6) is 0.362. The number of rotatable bonds is 1. The Labute approximate surface area is 92.8 Å². The van der Waals surface area contributed by atoms with Gasteiger partial charge < -0.3 is 4.90 Å². The Bertz CT molecular complexity index is 228. The molecule has 1 aliphatic rings. The van der Waals surface area contributed by atoms with Crippen molar-refractivity contribution in [2.45, 2.75) is 47.5 Å². The fourth-order valence-electron chi connectivity index (χ4n) is 1.67. The van der Waals surface area contributed by atoms with Crippen LogP contribution in [0.3, 0.4) is 0 Å². The van der Waals surface area contributed by atoms with Crippen molar-refractivity contribution in [1.29, 1.82) is 0 Å². The van der Waals surface area contributed by atoms with Crippen molar-refractivity contribution >= 4 is 11.7 Å². The minimum atomic E-state index is -0.189. The standard InChI is InChI=1S/C10H17NO2.C2H6/c1-8(12)10(3)4-6-11(7-5-10)9(2)13;1-2/h4-7H2,1-3H3;1-2H3. The third-order valence-electron chi connectivity index (χ3n) is 3.16. The van der Waals surface area contributed by atoms with Gasteiger partial charge in [-0.1, -0.05) is 20.8 Å². The van der Waals surface area contributed by atoms with Crippen LogP contribution in [0.1, 0.15) is 47.5 Å². The zero-order valence-electron chi connectivity index (χ0n) is 10.6. The molecule has 1 heterocycles. The van der Waals surface area contributed by atoms with E-state index in [9.17, 15) is 9.59 Å². The molecule has 1 fully saturated rings. The van der Waals surface area contributed by atoms with Crippen LogP contribution in [-0.2, 0) is 9.59 Å². The topological polar surface area (TPSA) is 37.4 Å². The zero-order valence-corrected chi connectivity index (χ0v) is 10.6. The Balaban J connectivity index is 0.000000921. The van der Waals surface area contributed by atoms with Gasteiger partial charge in [-0.25, -0.2) is 0 Å². The molecule has 1 amide bonds. The van der Waals surface area contributed by atoms with Crippen LogP contribution in [0.15, 0.2) is 0 Å². The second-order valence-electron chi connectivity index (χ2n) is 4.12. The molecule has 0 unspecified atom stereocenters. The van der Waals surface area contributed by atoms with Gasteiger partial charge in [0.25, 0.3) is 0 Å². The summed E-state index contributed by atoms with van der Waals surface area (Å²) in [4.78, 5) is 24.1. The lowest BCUT2D eigenvalue weighted by molar-refractivity contribution is -0.136. The fraction of sp³-hybridized carbons (Fsp3) is 0.833. The van der Waals surface area contributed by atoms with E-state index in [1.807, 2.05) is 25.7 Å². The van der Waals surface area contributed by atoms with Crippen LogP contribution in [0.25, 0.3) is 0 Å². The molecule has 88 valence electrons.